The summed E-state index contributed by atoms with van der Waals surface area (Å²) in [6.07, 6.45) is 10.5. The van der Waals surface area contributed by atoms with Crippen molar-refractivity contribution in [3.63, 3.8) is 0 Å². The molecule has 0 fully saturated rings. The van der Waals surface area contributed by atoms with Crippen molar-refractivity contribution in [2.24, 2.45) is 11.5 Å². The molecule has 0 aliphatic carbocycles. The topological polar surface area (TPSA) is 162 Å². The summed E-state index contributed by atoms with van der Waals surface area (Å²) in [5, 5.41) is 1.95. The number of Topliss-reactive ketones (excluding diaryl/α,β-unsaturated/α-hetero) is 1. The van der Waals surface area contributed by atoms with Gasteiger partial charge in [-0.15, -0.1) is 0 Å². The van der Waals surface area contributed by atoms with E-state index in [1.165, 1.54) is 0 Å². The van der Waals surface area contributed by atoms with Gasteiger partial charge in [0.25, 0.3) is 0 Å². The Hall–Kier alpha value is -5.65. The Labute approximate surface area is 342 Å². The molecule has 6 aromatic rings. The monoisotopic (exact) mass is 788 g/mol. The number of rotatable bonds is 16. The number of ketones is 1. The second-order valence-corrected chi connectivity index (χ2v) is 14.0. The Morgan fingerprint density at radius 1 is 0.638 bits per heavy atom. The molecule has 4 N–H and O–H groups in total. The predicted octanol–water partition coefficient (Wildman–Crippen LogP) is 7.86. The lowest BCUT2D eigenvalue weighted by Crippen LogP contribution is -2.21. The largest absolute Gasteiger partial charge is 0.422 e. The quantitative estimate of drug-likeness (QED) is 0.0919. The number of fused-ring (bicyclic) bond motifs is 2. The fraction of sp³-hybridized carbons (Fsp3) is 0.383. The minimum atomic E-state index is -0.292. The number of pyridine rings is 2. The summed E-state index contributed by atoms with van der Waals surface area (Å²) in [4.78, 5) is 49.2. The van der Waals surface area contributed by atoms with Crippen LogP contribution in [-0.2, 0) is 30.6 Å². The molecule has 0 radical (unpaired) electrons. The number of nitrogens with two attached hydrogens (primary N) is 2. The highest BCUT2D eigenvalue weighted by molar-refractivity contribution is 5.85. The van der Waals surface area contributed by atoms with Crippen LogP contribution in [0.4, 0.5) is 11.4 Å². The summed E-state index contributed by atoms with van der Waals surface area (Å²) >= 11 is 0. The van der Waals surface area contributed by atoms with Crippen LogP contribution < -0.4 is 32.5 Å². The van der Waals surface area contributed by atoms with E-state index in [9.17, 15) is 14.4 Å². The highest BCUT2D eigenvalue weighted by Gasteiger charge is 2.15. The Kier molecular flexibility index (Phi) is 17.8. The third kappa shape index (κ3) is 12.2. The molecule has 4 heterocycles. The third-order valence-electron chi connectivity index (χ3n) is 10.4. The van der Waals surface area contributed by atoms with Crippen LogP contribution in [0, 0.1) is 13.8 Å². The summed E-state index contributed by atoms with van der Waals surface area (Å²) in [5.74, 6) is 0.213. The lowest BCUT2D eigenvalue weighted by atomic mass is 9.99. The molecule has 0 bridgehead atoms. The van der Waals surface area contributed by atoms with Gasteiger partial charge in [0.05, 0.1) is 0 Å². The number of aryl methyl sites for hydroxylation is 3. The maximum Gasteiger partial charge on any atom is 0.339 e. The summed E-state index contributed by atoms with van der Waals surface area (Å²) < 4.78 is 11.1. The maximum absolute atomic E-state index is 12.6. The van der Waals surface area contributed by atoms with Crippen molar-refractivity contribution in [2.75, 3.05) is 42.5 Å². The van der Waals surface area contributed by atoms with Crippen LogP contribution in [0.15, 0.2) is 104 Å². The second kappa shape index (κ2) is 22.9. The van der Waals surface area contributed by atoms with E-state index in [4.69, 9.17) is 20.3 Å². The average molecular weight is 789 g/mol. The van der Waals surface area contributed by atoms with Crippen molar-refractivity contribution < 1.29 is 13.6 Å². The standard InChI is InChI=1S/C25H30N2O3.C16H22N2O2.C6H8N2/c1-4-27(5-2)20-12-14-22-18(3)23(25(29)30-24(22)16-20)10-6-9-21(28)13-11-19-8-7-15-26-17-19;1-4-18(5-2)12-6-7-13-11(3)14(8-9-17)16(19)20-15(13)10-12;7-4-6-2-1-3-8-5-6/h7-8,12,14-17H,4-6,9-11,13H2,1-3H3;6-7,10H,4-5,8-9,17H2,1-3H3;1-3,5H,4,7H2. The Morgan fingerprint density at radius 3 is 1.53 bits per heavy atom. The number of benzene rings is 2. The summed E-state index contributed by atoms with van der Waals surface area (Å²) in [5.41, 5.74) is 19.2. The summed E-state index contributed by atoms with van der Waals surface area (Å²) in [7, 11) is 0. The Balaban J connectivity index is 0.000000226. The van der Waals surface area contributed by atoms with Gasteiger partial charge in [-0.2, -0.15) is 0 Å². The smallest absolute Gasteiger partial charge is 0.339 e. The van der Waals surface area contributed by atoms with Crippen molar-refractivity contribution in [2.45, 2.75) is 86.6 Å². The fourth-order valence-electron chi connectivity index (χ4n) is 7.00. The molecule has 0 aliphatic rings. The molecule has 11 heteroatoms. The van der Waals surface area contributed by atoms with E-state index in [2.05, 4.69) is 59.6 Å². The summed E-state index contributed by atoms with van der Waals surface area (Å²) in [6, 6.07) is 19.8. The van der Waals surface area contributed by atoms with E-state index in [0.29, 0.717) is 73.9 Å². The van der Waals surface area contributed by atoms with Crippen molar-refractivity contribution >= 4 is 39.1 Å². The molecule has 58 heavy (non-hydrogen) atoms. The first-order valence-corrected chi connectivity index (χ1v) is 20.4. The molecule has 0 saturated carbocycles. The number of carbonyl (C=O) groups excluding carboxylic acids is 1. The number of carbonyl (C=O) groups is 1. The van der Waals surface area contributed by atoms with E-state index in [-0.39, 0.29) is 17.0 Å². The number of anilines is 2. The van der Waals surface area contributed by atoms with Gasteiger partial charge in [-0.1, -0.05) is 12.1 Å². The van der Waals surface area contributed by atoms with Crippen molar-refractivity contribution in [1.82, 2.24) is 9.97 Å². The minimum absolute atomic E-state index is 0.213. The number of hydrogen-bond donors (Lipinski definition) is 2. The maximum atomic E-state index is 12.6. The van der Waals surface area contributed by atoms with Gasteiger partial charge in [-0.25, -0.2) is 9.59 Å². The molecule has 0 spiro atoms. The Morgan fingerprint density at radius 2 is 1.12 bits per heavy atom. The van der Waals surface area contributed by atoms with E-state index >= 15 is 0 Å². The molecule has 0 aliphatic heterocycles. The Bertz CT molecular complexity index is 2320. The number of aromatic nitrogens is 2. The number of nitrogens with zero attached hydrogens (tertiary/aromatic N) is 4. The van der Waals surface area contributed by atoms with Gasteiger partial charge in [-0.3, -0.25) is 14.8 Å². The lowest BCUT2D eigenvalue weighted by molar-refractivity contribution is -0.119. The van der Waals surface area contributed by atoms with Gasteiger partial charge < -0.3 is 30.1 Å². The van der Waals surface area contributed by atoms with Gasteiger partial charge in [0.15, 0.2) is 0 Å². The molecular formula is C47H60N6O5. The first kappa shape index (κ1) is 45.1. The summed E-state index contributed by atoms with van der Waals surface area (Å²) in [6.45, 7) is 17.0. The SMILES string of the molecule is CCN(CC)c1ccc2c(C)c(CCCC(=O)CCc3cccnc3)c(=O)oc2c1.CCN(CC)c1ccc2c(C)c(CCN)c(=O)oc2c1.NCc1cccnc1. The molecule has 0 saturated heterocycles. The molecule has 308 valence electrons. The van der Waals surface area contributed by atoms with Gasteiger partial charge in [0.1, 0.15) is 16.9 Å². The van der Waals surface area contributed by atoms with Crippen LogP contribution in [-0.4, -0.2) is 48.5 Å². The third-order valence-corrected chi connectivity index (χ3v) is 10.4. The van der Waals surface area contributed by atoms with Crippen molar-refractivity contribution in [1.29, 1.82) is 0 Å². The molecule has 2 aromatic carbocycles. The predicted molar refractivity (Wildman–Crippen MR) is 237 cm³/mol. The zero-order valence-corrected chi connectivity index (χ0v) is 35.1. The van der Waals surface area contributed by atoms with Gasteiger partial charge in [0.2, 0.25) is 0 Å². The zero-order valence-electron chi connectivity index (χ0n) is 35.1. The molecule has 4 aromatic heterocycles. The molecular weight excluding hydrogens is 729 g/mol. The van der Waals surface area contributed by atoms with Crippen LogP contribution in [0.3, 0.4) is 0 Å². The molecule has 0 atom stereocenters. The zero-order chi connectivity index (χ0) is 42.0. The van der Waals surface area contributed by atoms with E-state index in [1.807, 2.05) is 62.4 Å². The van der Waals surface area contributed by atoms with Crippen molar-refractivity contribution in [3.05, 3.63) is 140 Å². The van der Waals surface area contributed by atoms with E-state index in [1.54, 1.807) is 24.8 Å². The highest BCUT2D eigenvalue weighted by Crippen LogP contribution is 2.27. The number of hydrogen-bond acceptors (Lipinski definition) is 11. The average Bonchev–Trinajstić information content (AvgIpc) is 3.24. The van der Waals surface area contributed by atoms with Gasteiger partial charge in [0, 0.05) is 116 Å². The van der Waals surface area contributed by atoms with Crippen LogP contribution >= 0.6 is 0 Å². The van der Waals surface area contributed by atoms with Crippen molar-refractivity contribution in [3.8, 4) is 0 Å². The normalized spacial score (nSPS) is 10.8. The van der Waals surface area contributed by atoms with E-state index < -0.39 is 0 Å². The molecule has 0 amide bonds. The van der Waals surface area contributed by atoms with Gasteiger partial charge in [-0.05, 0) is 132 Å². The van der Waals surface area contributed by atoms with E-state index in [0.717, 1.165) is 70.6 Å². The fourth-order valence-corrected chi connectivity index (χ4v) is 7.00. The van der Waals surface area contributed by atoms with Crippen LogP contribution in [0.5, 0.6) is 0 Å². The van der Waals surface area contributed by atoms with Crippen LogP contribution in [0.2, 0.25) is 0 Å². The van der Waals surface area contributed by atoms with Gasteiger partial charge >= 0.3 is 11.3 Å². The molecule has 11 nitrogen and oxygen atoms in total. The minimum Gasteiger partial charge on any atom is -0.422 e. The van der Waals surface area contributed by atoms with Crippen LogP contribution in [0.25, 0.3) is 21.9 Å². The lowest BCUT2D eigenvalue weighted by Gasteiger charge is -2.21. The molecule has 6 rings (SSSR count). The highest BCUT2D eigenvalue weighted by atomic mass is 16.4. The first-order chi connectivity index (χ1) is 28.1. The second-order valence-electron chi connectivity index (χ2n) is 14.0. The molecule has 0 unspecified atom stereocenters. The first-order valence-electron chi connectivity index (χ1n) is 20.4. The van der Waals surface area contributed by atoms with Crippen LogP contribution in [0.1, 0.15) is 80.3 Å².